The van der Waals surface area contributed by atoms with E-state index in [4.69, 9.17) is 19.0 Å². The number of aliphatic hydroxyl groups excluding tert-OH is 1. The highest BCUT2D eigenvalue weighted by Gasteiger charge is 2.49. The zero-order valence-corrected chi connectivity index (χ0v) is 16.9. The van der Waals surface area contributed by atoms with E-state index in [1.165, 1.54) is 0 Å². The molecule has 0 spiro atoms. The first-order chi connectivity index (χ1) is 14.0. The second kappa shape index (κ2) is 8.92. The maximum absolute atomic E-state index is 10.7. The summed E-state index contributed by atoms with van der Waals surface area (Å²) in [5.74, 6) is -0.671. The van der Waals surface area contributed by atoms with Gasteiger partial charge in [-0.1, -0.05) is 60.7 Å². The van der Waals surface area contributed by atoms with Gasteiger partial charge in [0.2, 0.25) is 0 Å². The average Bonchev–Trinajstić information content (AvgIpc) is 3.09. The highest BCUT2D eigenvalue weighted by Crippen LogP contribution is 2.32. The highest BCUT2D eigenvalue weighted by atomic mass is 16.8. The predicted octanol–water partition coefficient (Wildman–Crippen LogP) is 2.90. The number of ether oxygens (including phenoxy) is 3. The summed E-state index contributed by atoms with van der Waals surface area (Å²) in [4.78, 5) is 5.94. The summed E-state index contributed by atoms with van der Waals surface area (Å²) in [6.07, 6.45) is -1.48. The fourth-order valence-corrected chi connectivity index (χ4v) is 3.92. The molecule has 2 fully saturated rings. The van der Waals surface area contributed by atoms with E-state index in [2.05, 4.69) is 12.1 Å². The van der Waals surface area contributed by atoms with Crippen LogP contribution in [-0.4, -0.2) is 53.5 Å². The van der Waals surface area contributed by atoms with Crippen LogP contribution in [0.5, 0.6) is 0 Å². The molecule has 0 radical (unpaired) electrons. The minimum Gasteiger partial charge on any atom is -0.388 e. The maximum atomic E-state index is 10.7. The third-order valence-electron chi connectivity index (χ3n) is 5.34. The molecule has 1 N–H and O–H groups in total. The molecule has 4 atom stereocenters. The summed E-state index contributed by atoms with van der Waals surface area (Å²) in [6.45, 7) is 5.38. The maximum Gasteiger partial charge on any atom is 0.163 e. The lowest BCUT2D eigenvalue weighted by atomic mass is 9.97. The van der Waals surface area contributed by atoms with Crippen LogP contribution in [0.15, 0.2) is 60.7 Å². The van der Waals surface area contributed by atoms with Gasteiger partial charge in [-0.3, -0.25) is 4.84 Å². The fourth-order valence-electron chi connectivity index (χ4n) is 3.92. The molecular formula is C23H29NO5. The third-order valence-corrected chi connectivity index (χ3v) is 5.34. The van der Waals surface area contributed by atoms with Gasteiger partial charge >= 0.3 is 0 Å². The van der Waals surface area contributed by atoms with Gasteiger partial charge in [-0.2, -0.15) is 5.06 Å². The van der Waals surface area contributed by atoms with Crippen LogP contribution in [0.2, 0.25) is 0 Å². The van der Waals surface area contributed by atoms with Gasteiger partial charge in [-0.15, -0.1) is 0 Å². The smallest absolute Gasteiger partial charge is 0.163 e. The molecule has 2 aromatic rings. The second-order valence-corrected chi connectivity index (χ2v) is 8.04. The predicted molar refractivity (Wildman–Crippen MR) is 108 cm³/mol. The van der Waals surface area contributed by atoms with Gasteiger partial charge in [-0.25, -0.2) is 0 Å². The summed E-state index contributed by atoms with van der Waals surface area (Å²) in [6, 6.07) is 19.8. The van der Waals surface area contributed by atoms with E-state index in [0.29, 0.717) is 19.8 Å². The first-order valence-corrected chi connectivity index (χ1v) is 10.1. The Kier molecular flexibility index (Phi) is 6.29. The number of nitrogens with zero attached hydrogens (tertiary/aromatic N) is 1. The quantitative estimate of drug-likeness (QED) is 0.806. The molecule has 4 rings (SSSR count). The van der Waals surface area contributed by atoms with E-state index in [-0.39, 0.29) is 18.8 Å². The topological polar surface area (TPSA) is 60.4 Å². The van der Waals surface area contributed by atoms with Gasteiger partial charge in [0.25, 0.3) is 0 Å². The van der Waals surface area contributed by atoms with Gasteiger partial charge in [0.1, 0.15) is 18.3 Å². The van der Waals surface area contributed by atoms with Crippen molar-refractivity contribution in [1.29, 1.82) is 0 Å². The number of hydrogen-bond donors (Lipinski definition) is 1. The fraction of sp³-hybridized carbons (Fsp3) is 0.478. The van der Waals surface area contributed by atoms with Gasteiger partial charge in [0.05, 0.1) is 25.9 Å². The van der Waals surface area contributed by atoms with Gasteiger partial charge in [0.15, 0.2) is 5.79 Å². The Morgan fingerprint density at radius 1 is 1.00 bits per heavy atom. The van der Waals surface area contributed by atoms with E-state index < -0.39 is 18.0 Å². The van der Waals surface area contributed by atoms with Gasteiger partial charge in [-0.05, 0) is 25.0 Å². The van der Waals surface area contributed by atoms with Gasteiger partial charge in [0, 0.05) is 6.54 Å². The third kappa shape index (κ3) is 5.04. The van der Waals surface area contributed by atoms with Crippen molar-refractivity contribution < 1.29 is 24.2 Å². The van der Waals surface area contributed by atoms with Crippen LogP contribution in [0.25, 0.3) is 0 Å². The van der Waals surface area contributed by atoms with Crippen molar-refractivity contribution >= 4 is 0 Å². The summed E-state index contributed by atoms with van der Waals surface area (Å²) in [5.41, 5.74) is 2.18. The second-order valence-electron chi connectivity index (χ2n) is 8.04. The molecule has 0 amide bonds. The summed E-state index contributed by atoms with van der Waals surface area (Å²) >= 11 is 0. The van der Waals surface area contributed by atoms with Crippen molar-refractivity contribution in [2.45, 2.75) is 57.1 Å². The van der Waals surface area contributed by atoms with Crippen LogP contribution >= 0.6 is 0 Å². The van der Waals surface area contributed by atoms with Crippen LogP contribution in [-0.2, 0) is 32.2 Å². The SMILES string of the molecule is CC1(C)OC[C@@H]([C@@H]2[C@H](OCc3ccccc3)[C@@H](O)CON2Cc2ccccc2)O1. The van der Waals surface area contributed by atoms with Crippen LogP contribution in [0.3, 0.4) is 0 Å². The zero-order valence-electron chi connectivity index (χ0n) is 16.9. The lowest BCUT2D eigenvalue weighted by Crippen LogP contribution is -2.61. The Hall–Kier alpha value is -1.80. The normalized spacial score (nSPS) is 29.8. The number of aliphatic hydroxyl groups is 1. The highest BCUT2D eigenvalue weighted by molar-refractivity contribution is 5.15. The molecule has 2 heterocycles. The van der Waals surface area contributed by atoms with Crippen molar-refractivity contribution in [3.63, 3.8) is 0 Å². The lowest BCUT2D eigenvalue weighted by molar-refractivity contribution is -0.304. The molecule has 2 aliphatic rings. The lowest BCUT2D eigenvalue weighted by Gasteiger charge is -2.44. The Labute approximate surface area is 171 Å². The van der Waals surface area contributed by atoms with E-state index in [0.717, 1.165) is 11.1 Å². The number of benzene rings is 2. The van der Waals surface area contributed by atoms with E-state index in [9.17, 15) is 5.11 Å². The van der Waals surface area contributed by atoms with Crippen LogP contribution < -0.4 is 0 Å². The summed E-state index contributed by atoms with van der Waals surface area (Å²) < 4.78 is 18.2. The van der Waals surface area contributed by atoms with Crippen molar-refractivity contribution in [3.8, 4) is 0 Å². The van der Waals surface area contributed by atoms with Crippen molar-refractivity contribution in [2.75, 3.05) is 13.2 Å². The molecule has 0 bridgehead atoms. The minimum atomic E-state index is -0.747. The Balaban J connectivity index is 1.55. The summed E-state index contributed by atoms with van der Waals surface area (Å²) in [7, 11) is 0. The van der Waals surface area contributed by atoms with E-state index in [1.54, 1.807) is 0 Å². The van der Waals surface area contributed by atoms with Crippen molar-refractivity contribution in [1.82, 2.24) is 5.06 Å². The number of hydroxylamine groups is 2. The Bertz CT molecular complexity index is 769. The molecule has 6 nitrogen and oxygen atoms in total. The van der Waals surface area contributed by atoms with E-state index in [1.807, 2.05) is 67.4 Å². The molecular weight excluding hydrogens is 370 g/mol. The minimum absolute atomic E-state index is 0.180. The number of hydrogen-bond acceptors (Lipinski definition) is 6. The molecule has 29 heavy (non-hydrogen) atoms. The molecule has 0 aliphatic carbocycles. The molecule has 156 valence electrons. The molecule has 6 heteroatoms. The molecule has 0 unspecified atom stereocenters. The van der Waals surface area contributed by atoms with Crippen LogP contribution in [0, 0.1) is 0 Å². The number of rotatable bonds is 6. The monoisotopic (exact) mass is 399 g/mol. The first kappa shape index (κ1) is 20.5. The Morgan fingerprint density at radius 3 is 2.28 bits per heavy atom. The largest absolute Gasteiger partial charge is 0.388 e. The van der Waals surface area contributed by atoms with Crippen molar-refractivity contribution in [3.05, 3.63) is 71.8 Å². The molecule has 0 saturated carbocycles. The molecule has 2 aliphatic heterocycles. The average molecular weight is 399 g/mol. The standard InChI is InChI=1S/C23H29NO5/c1-23(2)27-16-20(29-23)21-22(26-14-18-11-7-4-8-12-18)19(25)15-28-24(21)13-17-9-5-3-6-10-17/h3-12,19-22,25H,13-16H2,1-2H3/t19-,20-,21+,22+/m0/s1. The first-order valence-electron chi connectivity index (χ1n) is 10.1. The molecule has 2 aromatic carbocycles. The molecule has 2 saturated heterocycles. The Morgan fingerprint density at radius 2 is 1.66 bits per heavy atom. The summed E-state index contributed by atoms with van der Waals surface area (Å²) in [5, 5.41) is 12.6. The van der Waals surface area contributed by atoms with Crippen LogP contribution in [0.4, 0.5) is 0 Å². The van der Waals surface area contributed by atoms with Crippen molar-refractivity contribution in [2.24, 2.45) is 0 Å². The zero-order chi connectivity index (χ0) is 20.3. The van der Waals surface area contributed by atoms with Crippen LogP contribution in [0.1, 0.15) is 25.0 Å². The molecule has 0 aromatic heterocycles. The van der Waals surface area contributed by atoms with E-state index >= 15 is 0 Å². The van der Waals surface area contributed by atoms with Gasteiger partial charge < -0.3 is 19.3 Å².